The normalized spacial score (nSPS) is 30.4. The molecule has 1 fully saturated rings. The van der Waals surface area contributed by atoms with E-state index in [0.717, 1.165) is 31.6 Å². The molecule has 0 aromatic carbocycles. The van der Waals surface area contributed by atoms with Crippen molar-refractivity contribution in [2.75, 3.05) is 6.54 Å². The molecule has 1 saturated carbocycles. The molecule has 1 atom stereocenters. The SMILES string of the molecule is CC(C)CC(C)CC(=O)C1(CN)CCC(C)CC1. The molecule has 0 radical (unpaired) electrons. The molecule has 0 aromatic rings. The number of Topliss-reactive ketones (excluding diaryl/α,β-unsaturated/α-hetero) is 1. The predicted molar refractivity (Wildman–Crippen MR) is 77.4 cm³/mol. The van der Waals surface area contributed by atoms with Gasteiger partial charge in [0.25, 0.3) is 0 Å². The average Bonchev–Trinajstić information content (AvgIpc) is 2.29. The van der Waals surface area contributed by atoms with E-state index in [1.807, 2.05) is 0 Å². The molecule has 0 aliphatic heterocycles. The molecule has 106 valence electrons. The van der Waals surface area contributed by atoms with Crippen molar-refractivity contribution < 1.29 is 4.79 Å². The van der Waals surface area contributed by atoms with Crippen molar-refractivity contribution in [1.29, 1.82) is 0 Å². The van der Waals surface area contributed by atoms with E-state index in [0.29, 0.717) is 24.2 Å². The first-order valence-corrected chi connectivity index (χ1v) is 7.63. The first-order chi connectivity index (χ1) is 8.39. The van der Waals surface area contributed by atoms with Crippen molar-refractivity contribution in [2.45, 2.75) is 66.2 Å². The number of carbonyl (C=O) groups is 1. The van der Waals surface area contributed by atoms with E-state index < -0.39 is 0 Å². The second-order valence-electron chi connectivity index (χ2n) is 7.03. The summed E-state index contributed by atoms with van der Waals surface area (Å²) in [5.41, 5.74) is 5.76. The van der Waals surface area contributed by atoms with Crippen molar-refractivity contribution in [1.82, 2.24) is 0 Å². The van der Waals surface area contributed by atoms with E-state index in [9.17, 15) is 4.79 Å². The lowest BCUT2D eigenvalue weighted by Crippen LogP contribution is -2.42. The van der Waals surface area contributed by atoms with Crippen LogP contribution in [0.5, 0.6) is 0 Å². The lowest BCUT2D eigenvalue weighted by atomic mass is 9.67. The van der Waals surface area contributed by atoms with Gasteiger partial charge in [-0.25, -0.2) is 0 Å². The fourth-order valence-corrected chi connectivity index (χ4v) is 3.33. The lowest BCUT2D eigenvalue weighted by Gasteiger charge is -2.38. The van der Waals surface area contributed by atoms with E-state index in [2.05, 4.69) is 27.7 Å². The van der Waals surface area contributed by atoms with Gasteiger partial charge in [-0.05, 0) is 49.9 Å². The molecular formula is C16H31NO. The highest BCUT2D eigenvalue weighted by atomic mass is 16.1. The maximum Gasteiger partial charge on any atom is 0.140 e. The van der Waals surface area contributed by atoms with Crippen molar-refractivity contribution >= 4 is 5.78 Å². The number of hydrogen-bond donors (Lipinski definition) is 1. The first kappa shape index (κ1) is 15.7. The van der Waals surface area contributed by atoms with Gasteiger partial charge in [-0.3, -0.25) is 4.79 Å². The zero-order valence-corrected chi connectivity index (χ0v) is 12.7. The Bertz CT molecular complexity index is 264. The van der Waals surface area contributed by atoms with Crippen LogP contribution in [-0.4, -0.2) is 12.3 Å². The summed E-state index contributed by atoms with van der Waals surface area (Å²) in [5, 5.41) is 0. The standard InChI is InChI=1S/C16H31NO/c1-12(2)9-14(4)10-15(18)16(11-17)7-5-13(3)6-8-16/h12-14H,5-11,17H2,1-4H3. The molecule has 0 saturated heterocycles. The van der Waals surface area contributed by atoms with Crippen LogP contribution in [0.4, 0.5) is 0 Å². The van der Waals surface area contributed by atoms with E-state index >= 15 is 0 Å². The number of carbonyl (C=O) groups excluding carboxylic acids is 1. The van der Waals surface area contributed by atoms with E-state index in [4.69, 9.17) is 5.73 Å². The van der Waals surface area contributed by atoms with Crippen LogP contribution in [0, 0.1) is 23.2 Å². The van der Waals surface area contributed by atoms with Gasteiger partial charge in [-0.2, -0.15) is 0 Å². The molecule has 2 heteroatoms. The molecule has 0 spiro atoms. The molecular weight excluding hydrogens is 222 g/mol. The van der Waals surface area contributed by atoms with Gasteiger partial charge in [-0.1, -0.05) is 27.7 Å². The third-order valence-corrected chi connectivity index (χ3v) is 4.62. The number of ketones is 1. The Labute approximate surface area is 113 Å². The van der Waals surface area contributed by atoms with Crippen LogP contribution < -0.4 is 5.73 Å². The highest BCUT2D eigenvalue weighted by molar-refractivity contribution is 5.85. The van der Waals surface area contributed by atoms with Crippen LogP contribution >= 0.6 is 0 Å². The Morgan fingerprint density at radius 2 is 1.83 bits per heavy atom. The fraction of sp³-hybridized carbons (Fsp3) is 0.938. The lowest BCUT2D eigenvalue weighted by molar-refractivity contribution is -0.131. The minimum absolute atomic E-state index is 0.183. The van der Waals surface area contributed by atoms with E-state index in [1.54, 1.807) is 0 Å². The summed E-state index contributed by atoms with van der Waals surface area (Å²) in [6.07, 6.45) is 6.23. The van der Waals surface area contributed by atoms with Crippen molar-refractivity contribution in [3.63, 3.8) is 0 Å². The number of hydrogen-bond acceptors (Lipinski definition) is 2. The summed E-state index contributed by atoms with van der Waals surface area (Å²) in [4.78, 5) is 12.6. The highest BCUT2D eigenvalue weighted by Gasteiger charge is 2.39. The Hall–Kier alpha value is -0.370. The zero-order valence-electron chi connectivity index (χ0n) is 12.7. The zero-order chi connectivity index (χ0) is 13.8. The van der Waals surface area contributed by atoms with Crippen LogP contribution in [0.15, 0.2) is 0 Å². The molecule has 0 aromatic heterocycles. The smallest absolute Gasteiger partial charge is 0.140 e. The van der Waals surface area contributed by atoms with Crippen molar-refractivity contribution in [3.05, 3.63) is 0 Å². The minimum Gasteiger partial charge on any atom is -0.329 e. The maximum atomic E-state index is 12.6. The Balaban J connectivity index is 2.57. The van der Waals surface area contributed by atoms with Gasteiger partial charge < -0.3 is 5.73 Å². The largest absolute Gasteiger partial charge is 0.329 e. The summed E-state index contributed by atoms with van der Waals surface area (Å²) < 4.78 is 0. The van der Waals surface area contributed by atoms with Gasteiger partial charge in [0.15, 0.2) is 0 Å². The van der Waals surface area contributed by atoms with Crippen LogP contribution in [0.3, 0.4) is 0 Å². The molecule has 1 unspecified atom stereocenters. The molecule has 0 heterocycles. The second kappa shape index (κ2) is 6.70. The predicted octanol–water partition coefficient (Wildman–Crippen LogP) is 3.78. The topological polar surface area (TPSA) is 43.1 Å². The second-order valence-corrected chi connectivity index (χ2v) is 7.03. The summed E-state index contributed by atoms with van der Waals surface area (Å²) in [5.74, 6) is 2.38. The molecule has 1 rings (SSSR count). The minimum atomic E-state index is -0.183. The highest BCUT2D eigenvalue weighted by Crippen LogP contribution is 2.40. The summed E-state index contributed by atoms with van der Waals surface area (Å²) in [6.45, 7) is 9.48. The molecule has 0 bridgehead atoms. The Kier molecular flexibility index (Phi) is 5.84. The van der Waals surface area contributed by atoms with Crippen LogP contribution in [0.25, 0.3) is 0 Å². The molecule has 2 nitrogen and oxygen atoms in total. The number of rotatable bonds is 6. The van der Waals surface area contributed by atoms with Crippen LogP contribution in [0.1, 0.15) is 66.2 Å². The van der Waals surface area contributed by atoms with E-state index in [1.165, 1.54) is 12.8 Å². The van der Waals surface area contributed by atoms with Gasteiger partial charge in [-0.15, -0.1) is 0 Å². The molecule has 0 amide bonds. The summed E-state index contributed by atoms with van der Waals surface area (Å²) >= 11 is 0. The molecule has 2 N–H and O–H groups in total. The third-order valence-electron chi connectivity index (χ3n) is 4.62. The van der Waals surface area contributed by atoms with E-state index in [-0.39, 0.29) is 5.41 Å². The van der Waals surface area contributed by atoms with Crippen LogP contribution in [0.2, 0.25) is 0 Å². The molecule has 18 heavy (non-hydrogen) atoms. The van der Waals surface area contributed by atoms with Crippen molar-refractivity contribution in [2.24, 2.45) is 28.9 Å². The van der Waals surface area contributed by atoms with Gasteiger partial charge in [0, 0.05) is 18.4 Å². The summed E-state index contributed by atoms with van der Waals surface area (Å²) in [6, 6.07) is 0. The quantitative estimate of drug-likeness (QED) is 0.782. The molecule has 1 aliphatic carbocycles. The number of nitrogens with two attached hydrogens (primary N) is 1. The van der Waals surface area contributed by atoms with Crippen LogP contribution in [-0.2, 0) is 4.79 Å². The first-order valence-electron chi connectivity index (χ1n) is 7.63. The van der Waals surface area contributed by atoms with Gasteiger partial charge in [0.2, 0.25) is 0 Å². The monoisotopic (exact) mass is 253 g/mol. The Morgan fingerprint density at radius 3 is 2.28 bits per heavy atom. The van der Waals surface area contributed by atoms with Gasteiger partial charge >= 0.3 is 0 Å². The van der Waals surface area contributed by atoms with Gasteiger partial charge in [0.05, 0.1) is 0 Å². The van der Waals surface area contributed by atoms with Crippen molar-refractivity contribution in [3.8, 4) is 0 Å². The van der Waals surface area contributed by atoms with Gasteiger partial charge in [0.1, 0.15) is 5.78 Å². The third kappa shape index (κ3) is 4.08. The Morgan fingerprint density at radius 1 is 1.28 bits per heavy atom. The average molecular weight is 253 g/mol. The molecule has 1 aliphatic rings. The maximum absolute atomic E-state index is 12.6. The fourth-order valence-electron chi connectivity index (χ4n) is 3.33. The summed E-state index contributed by atoms with van der Waals surface area (Å²) in [7, 11) is 0.